The number of benzene rings is 1. The van der Waals surface area contributed by atoms with Gasteiger partial charge in [0.05, 0.1) is 4.92 Å². The Morgan fingerprint density at radius 2 is 2.00 bits per heavy atom. The van der Waals surface area contributed by atoms with E-state index in [1.807, 2.05) is 6.92 Å². The van der Waals surface area contributed by atoms with Crippen molar-refractivity contribution < 1.29 is 19.2 Å². The lowest BCUT2D eigenvalue weighted by Crippen LogP contribution is -2.21. The zero-order valence-electron chi connectivity index (χ0n) is 12.5. The van der Waals surface area contributed by atoms with Crippen molar-refractivity contribution in [3.63, 3.8) is 0 Å². The van der Waals surface area contributed by atoms with E-state index in [-0.39, 0.29) is 11.4 Å². The first-order valence-electron chi connectivity index (χ1n) is 6.66. The molecule has 1 aromatic heterocycles. The van der Waals surface area contributed by atoms with Gasteiger partial charge in [-0.1, -0.05) is 12.1 Å². The topological polar surface area (TPSA) is 98.5 Å². The summed E-state index contributed by atoms with van der Waals surface area (Å²) >= 11 is 1.26. The van der Waals surface area contributed by atoms with E-state index in [0.29, 0.717) is 10.4 Å². The average molecular weight is 334 g/mol. The van der Waals surface area contributed by atoms with Crippen molar-refractivity contribution in [2.45, 2.75) is 13.8 Å². The fourth-order valence-corrected chi connectivity index (χ4v) is 2.65. The van der Waals surface area contributed by atoms with Crippen LogP contribution in [0, 0.1) is 24.0 Å². The number of ether oxygens (including phenoxy) is 1. The Kier molecular flexibility index (Phi) is 5.07. The van der Waals surface area contributed by atoms with Gasteiger partial charge in [-0.25, -0.2) is 4.79 Å². The molecule has 2 rings (SSSR count). The Morgan fingerprint density at radius 3 is 2.61 bits per heavy atom. The van der Waals surface area contributed by atoms with E-state index < -0.39 is 23.4 Å². The number of carbonyl (C=O) groups is 2. The summed E-state index contributed by atoms with van der Waals surface area (Å²) < 4.78 is 4.91. The number of nitro benzene ring substituents is 1. The van der Waals surface area contributed by atoms with Crippen molar-refractivity contribution in [1.82, 2.24) is 0 Å². The van der Waals surface area contributed by atoms with E-state index in [1.54, 1.807) is 25.1 Å². The molecule has 8 heteroatoms. The van der Waals surface area contributed by atoms with Crippen molar-refractivity contribution in [3.8, 4) is 0 Å². The third-order valence-electron chi connectivity index (χ3n) is 2.99. The minimum absolute atomic E-state index is 0.102. The Morgan fingerprint density at radius 1 is 1.26 bits per heavy atom. The summed E-state index contributed by atoms with van der Waals surface area (Å²) in [5, 5.41) is 13.4. The molecule has 0 saturated heterocycles. The normalized spacial score (nSPS) is 10.2. The number of hydrogen-bond acceptors (Lipinski definition) is 6. The second-order valence-corrected chi connectivity index (χ2v) is 6.05. The number of hydrogen-bond donors (Lipinski definition) is 1. The van der Waals surface area contributed by atoms with E-state index in [1.165, 1.54) is 23.5 Å². The minimum Gasteiger partial charge on any atom is -0.451 e. The first kappa shape index (κ1) is 16.6. The number of carbonyl (C=O) groups excluding carboxylic acids is 2. The molecule has 1 N–H and O–H groups in total. The molecule has 0 atom stereocenters. The quantitative estimate of drug-likeness (QED) is 0.515. The van der Waals surface area contributed by atoms with Crippen molar-refractivity contribution in [2.75, 3.05) is 11.9 Å². The molecule has 0 unspecified atom stereocenters. The van der Waals surface area contributed by atoms with Gasteiger partial charge in [0.25, 0.3) is 11.6 Å². The summed E-state index contributed by atoms with van der Waals surface area (Å²) in [4.78, 5) is 35.4. The molecule has 0 fully saturated rings. The van der Waals surface area contributed by atoms with Crippen LogP contribution in [0.15, 0.2) is 30.3 Å². The van der Waals surface area contributed by atoms with Crippen LogP contribution in [0.4, 0.5) is 11.4 Å². The van der Waals surface area contributed by atoms with Gasteiger partial charge in [0.15, 0.2) is 6.61 Å². The molecule has 0 bridgehead atoms. The number of thiophene rings is 1. The Hall–Kier alpha value is -2.74. The second kappa shape index (κ2) is 7.01. The molecule has 1 aromatic carbocycles. The Bertz CT molecular complexity index is 769. The number of amides is 1. The molecule has 0 spiro atoms. The maximum absolute atomic E-state index is 11.9. The van der Waals surface area contributed by atoms with Crippen molar-refractivity contribution in [2.24, 2.45) is 0 Å². The molecule has 0 aliphatic heterocycles. The molecule has 2 aromatic rings. The van der Waals surface area contributed by atoms with Crippen LogP contribution >= 0.6 is 11.3 Å². The van der Waals surface area contributed by atoms with E-state index in [9.17, 15) is 19.7 Å². The van der Waals surface area contributed by atoms with Gasteiger partial charge in [0.2, 0.25) is 0 Å². The minimum atomic E-state index is -0.635. The highest BCUT2D eigenvalue weighted by atomic mass is 32.1. The highest BCUT2D eigenvalue weighted by Crippen LogP contribution is 2.27. The van der Waals surface area contributed by atoms with Crippen molar-refractivity contribution in [3.05, 3.63) is 55.8 Å². The Balaban J connectivity index is 2.00. The molecule has 0 aliphatic carbocycles. The number of aryl methyl sites for hydroxylation is 2. The molecule has 0 radical (unpaired) electrons. The number of para-hydroxylation sites is 1. The van der Waals surface area contributed by atoms with Crippen LogP contribution in [0.2, 0.25) is 0 Å². The lowest BCUT2D eigenvalue weighted by molar-refractivity contribution is -0.384. The molecule has 1 heterocycles. The summed E-state index contributed by atoms with van der Waals surface area (Å²) in [6.07, 6.45) is 0. The molecule has 23 heavy (non-hydrogen) atoms. The molecule has 0 aliphatic rings. The SMILES string of the molecule is Cc1ccc(C(=O)OCC(=O)Nc2c(C)cccc2[N+](=O)[O-])s1. The summed E-state index contributed by atoms with van der Waals surface area (Å²) in [6.45, 7) is 2.98. The number of anilines is 1. The Labute approximate surface area is 136 Å². The van der Waals surface area contributed by atoms with Crippen LogP contribution in [0.25, 0.3) is 0 Å². The summed E-state index contributed by atoms with van der Waals surface area (Å²) in [6, 6.07) is 7.86. The maximum atomic E-state index is 11.9. The summed E-state index contributed by atoms with van der Waals surface area (Å²) in [7, 11) is 0. The van der Waals surface area contributed by atoms with Crippen LogP contribution in [0.3, 0.4) is 0 Å². The van der Waals surface area contributed by atoms with Gasteiger partial charge in [0.1, 0.15) is 10.6 Å². The van der Waals surface area contributed by atoms with Gasteiger partial charge in [-0.3, -0.25) is 14.9 Å². The zero-order valence-corrected chi connectivity index (χ0v) is 13.3. The van der Waals surface area contributed by atoms with Crippen LogP contribution in [0.5, 0.6) is 0 Å². The predicted molar refractivity (Wildman–Crippen MR) is 85.8 cm³/mol. The van der Waals surface area contributed by atoms with Crippen molar-refractivity contribution >= 4 is 34.6 Å². The van der Waals surface area contributed by atoms with Crippen LogP contribution < -0.4 is 5.32 Å². The van der Waals surface area contributed by atoms with Gasteiger partial charge in [-0.05, 0) is 31.5 Å². The number of rotatable bonds is 5. The highest BCUT2D eigenvalue weighted by molar-refractivity contribution is 7.13. The highest BCUT2D eigenvalue weighted by Gasteiger charge is 2.19. The van der Waals surface area contributed by atoms with Crippen LogP contribution in [-0.4, -0.2) is 23.4 Å². The molecule has 7 nitrogen and oxygen atoms in total. The van der Waals surface area contributed by atoms with Crippen molar-refractivity contribution in [1.29, 1.82) is 0 Å². The fraction of sp³-hybridized carbons (Fsp3) is 0.200. The molecule has 120 valence electrons. The second-order valence-electron chi connectivity index (χ2n) is 4.76. The average Bonchev–Trinajstić information content (AvgIpc) is 2.93. The van der Waals surface area contributed by atoms with E-state index in [0.717, 1.165) is 4.88 Å². The lowest BCUT2D eigenvalue weighted by atomic mass is 10.1. The molecule has 0 saturated carbocycles. The van der Waals surface area contributed by atoms with Gasteiger partial charge >= 0.3 is 5.97 Å². The van der Waals surface area contributed by atoms with Gasteiger partial charge < -0.3 is 10.1 Å². The molecular weight excluding hydrogens is 320 g/mol. The van der Waals surface area contributed by atoms with E-state index in [4.69, 9.17) is 4.74 Å². The fourth-order valence-electron chi connectivity index (χ4n) is 1.89. The maximum Gasteiger partial charge on any atom is 0.348 e. The molecule has 1 amide bonds. The number of nitro groups is 1. The van der Waals surface area contributed by atoms with Crippen LogP contribution in [-0.2, 0) is 9.53 Å². The lowest BCUT2D eigenvalue weighted by Gasteiger charge is -2.09. The number of nitrogens with one attached hydrogen (secondary N) is 1. The largest absolute Gasteiger partial charge is 0.451 e. The van der Waals surface area contributed by atoms with E-state index in [2.05, 4.69) is 5.32 Å². The van der Waals surface area contributed by atoms with Gasteiger partial charge in [-0.15, -0.1) is 11.3 Å². The smallest absolute Gasteiger partial charge is 0.348 e. The zero-order chi connectivity index (χ0) is 17.0. The third-order valence-corrected chi connectivity index (χ3v) is 3.97. The summed E-state index contributed by atoms with van der Waals surface area (Å²) in [5.74, 6) is -1.23. The van der Waals surface area contributed by atoms with Gasteiger partial charge in [0, 0.05) is 10.9 Å². The number of esters is 1. The van der Waals surface area contributed by atoms with E-state index >= 15 is 0 Å². The molecular formula is C15H14N2O5S. The van der Waals surface area contributed by atoms with Gasteiger partial charge in [-0.2, -0.15) is 0 Å². The first-order valence-corrected chi connectivity index (χ1v) is 7.47. The van der Waals surface area contributed by atoms with Crippen LogP contribution in [0.1, 0.15) is 20.1 Å². The standard InChI is InChI=1S/C15H14N2O5S/c1-9-4-3-5-11(17(20)21)14(9)16-13(18)8-22-15(19)12-7-6-10(2)23-12/h3-7H,8H2,1-2H3,(H,16,18). The number of nitrogens with zero attached hydrogens (tertiary/aromatic N) is 1. The first-order chi connectivity index (χ1) is 10.9. The monoisotopic (exact) mass is 334 g/mol. The predicted octanol–water partition coefficient (Wildman–Crippen LogP) is 3.07. The summed E-state index contributed by atoms with van der Waals surface area (Å²) in [5.41, 5.74) is 0.442. The third kappa shape index (κ3) is 4.13.